The third-order valence-corrected chi connectivity index (χ3v) is 5.77. The monoisotopic (exact) mass is 379 g/mol. The van der Waals surface area contributed by atoms with Crippen LogP contribution in [0.3, 0.4) is 0 Å². The molecule has 0 bridgehead atoms. The van der Waals surface area contributed by atoms with Gasteiger partial charge < -0.3 is 5.32 Å². The number of aromatic nitrogens is 1. The van der Waals surface area contributed by atoms with Gasteiger partial charge in [0.25, 0.3) is 0 Å². The first-order valence-electron chi connectivity index (χ1n) is 8.02. The third kappa shape index (κ3) is 4.31. The topological polar surface area (TPSA) is 65.8 Å². The van der Waals surface area contributed by atoms with Gasteiger partial charge in [-0.25, -0.2) is 4.98 Å². The maximum absolute atomic E-state index is 12.3. The van der Waals surface area contributed by atoms with Crippen molar-refractivity contribution in [2.24, 2.45) is 0 Å². The van der Waals surface area contributed by atoms with E-state index < -0.39 is 0 Å². The van der Waals surface area contributed by atoms with Crippen LogP contribution in [0.25, 0.3) is 10.6 Å². The van der Waals surface area contributed by atoms with Gasteiger partial charge in [0.1, 0.15) is 11.1 Å². The van der Waals surface area contributed by atoms with Crippen LogP contribution in [0.15, 0.2) is 52.9 Å². The molecule has 0 spiro atoms. The zero-order chi connectivity index (χ0) is 18.5. The van der Waals surface area contributed by atoms with Crippen LogP contribution in [0.2, 0.25) is 0 Å². The van der Waals surface area contributed by atoms with Gasteiger partial charge in [0.05, 0.1) is 21.9 Å². The van der Waals surface area contributed by atoms with Crippen LogP contribution in [0, 0.1) is 25.2 Å². The lowest BCUT2D eigenvalue weighted by atomic mass is 10.1. The molecule has 6 heteroatoms. The minimum atomic E-state index is -0.120. The molecule has 0 aliphatic rings. The molecule has 0 aliphatic carbocycles. The zero-order valence-corrected chi connectivity index (χ0v) is 16.1. The summed E-state index contributed by atoms with van der Waals surface area (Å²) in [5.74, 6) is 0.0770. The summed E-state index contributed by atoms with van der Waals surface area (Å²) in [5.41, 5.74) is 4.39. The van der Waals surface area contributed by atoms with E-state index in [9.17, 15) is 10.1 Å². The molecule has 0 atom stereocenters. The number of nitrogens with zero attached hydrogens (tertiary/aromatic N) is 2. The second kappa shape index (κ2) is 8.17. The van der Waals surface area contributed by atoms with Crippen molar-refractivity contribution < 1.29 is 4.79 Å². The minimum Gasteiger partial charge on any atom is -0.325 e. The van der Waals surface area contributed by atoms with Crippen LogP contribution < -0.4 is 5.32 Å². The Bertz CT molecular complexity index is 975. The van der Waals surface area contributed by atoms with Crippen molar-refractivity contribution in [2.45, 2.75) is 18.9 Å². The Kier molecular flexibility index (Phi) is 5.71. The molecule has 0 radical (unpaired) electrons. The van der Waals surface area contributed by atoms with Crippen molar-refractivity contribution in [1.82, 2.24) is 4.98 Å². The maximum atomic E-state index is 12.3. The standard InChI is InChI=1S/C20H17N3OS2/c1-13-5-7-16(10-14(13)2)22-19(24)12-26-20-15(11-21)6-8-17(23-20)18-4-3-9-25-18/h3-10H,12H2,1-2H3,(H,22,24). The van der Waals surface area contributed by atoms with E-state index in [0.29, 0.717) is 10.6 Å². The zero-order valence-electron chi connectivity index (χ0n) is 14.4. The lowest BCUT2D eigenvalue weighted by molar-refractivity contribution is -0.113. The van der Waals surface area contributed by atoms with E-state index in [-0.39, 0.29) is 11.7 Å². The van der Waals surface area contributed by atoms with Crippen LogP contribution in [0.5, 0.6) is 0 Å². The van der Waals surface area contributed by atoms with Gasteiger partial charge >= 0.3 is 0 Å². The number of benzene rings is 1. The molecule has 0 aliphatic heterocycles. The molecule has 0 unspecified atom stereocenters. The van der Waals surface area contributed by atoms with Crippen molar-refractivity contribution in [3.8, 4) is 16.6 Å². The number of hydrogen-bond acceptors (Lipinski definition) is 5. The number of nitrogens with one attached hydrogen (secondary N) is 1. The summed E-state index contributed by atoms with van der Waals surface area (Å²) in [4.78, 5) is 17.9. The van der Waals surface area contributed by atoms with Gasteiger partial charge in [-0.15, -0.1) is 11.3 Å². The highest BCUT2D eigenvalue weighted by Crippen LogP contribution is 2.28. The molecule has 2 aromatic heterocycles. The number of carbonyl (C=O) groups excluding carboxylic acids is 1. The van der Waals surface area contributed by atoms with E-state index in [2.05, 4.69) is 16.4 Å². The lowest BCUT2D eigenvalue weighted by Crippen LogP contribution is -2.14. The molecule has 130 valence electrons. The van der Waals surface area contributed by atoms with E-state index >= 15 is 0 Å². The van der Waals surface area contributed by atoms with Crippen molar-refractivity contribution >= 4 is 34.7 Å². The van der Waals surface area contributed by atoms with E-state index in [1.807, 2.05) is 55.6 Å². The van der Waals surface area contributed by atoms with Crippen LogP contribution in [-0.4, -0.2) is 16.6 Å². The molecule has 3 aromatic rings. The molecule has 1 N–H and O–H groups in total. The maximum Gasteiger partial charge on any atom is 0.234 e. The fraction of sp³-hybridized carbons (Fsp3) is 0.150. The summed E-state index contributed by atoms with van der Waals surface area (Å²) >= 11 is 2.87. The first-order chi connectivity index (χ1) is 12.6. The van der Waals surface area contributed by atoms with Gasteiger partial charge in [0, 0.05) is 5.69 Å². The third-order valence-electron chi connectivity index (χ3n) is 3.88. The number of hydrogen-bond donors (Lipinski definition) is 1. The molecule has 26 heavy (non-hydrogen) atoms. The Hall–Kier alpha value is -2.62. The number of thiophene rings is 1. The average Bonchev–Trinajstić information content (AvgIpc) is 3.17. The summed E-state index contributed by atoms with van der Waals surface area (Å²) in [6.45, 7) is 4.05. The van der Waals surface area contributed by atoms with Crippen molar-refractivity contribution in [3.63, 3.8) is 0 Å². The first kappa shape index (κ1) is 18.2. The van der Waals surface area contributed by atoms with Crippen LogP contribution in [0.4, 0.5) is 5.69 Å². The van der Waals surface area contributed by atoms with Gasteiger partial charge in [0.2, 0.25) is 5.91 Å². The number of carbonyl (C=O) groups is 1. The van der Waals surface area contributed by atoms with Crippen LogP contribution in [-0.2, 0) is 4.79 Å². The normalized spacial score (nSPS) is 10.3. The second-order valence-corrected chi connectivity index (χ2v) is 7.69. The van der Waals surface area contributed by atoms with Gasteiger partial charge in [-0.05, 0) is 60.7 Å². The smallest absolute Gasteiger partial charge is 0.234 e. The number of aryl methyl sites for hydroxylation is 2. The quantitative estimate of drug-likeness (QED) is 0.632. The van der Waals surface area contributed by atoms with E-state index in [1.54, 1.807) is 17.4 Å². The summed E-state index contributed by atoms with van der Waals surface area (Å²) < 4.78 is 0. The highest BCUT2D eigenvalue weighted by molar-refractivity contribution is 8.00. The number of rotatable bonds is 5. The Labute approximate surface area is 160 Å². The van der Waals surface area contributed by atoms with Gasteiger partial charge in [-0.3, -0.25) is 4.79 Å². The summed E-state index contributed by atoms with van der Waals surface area (Å²) in [5, 5.41) is 14.7. The van der Waals surface area contributed by atoms with E-state index in [1.165, 1.54) is 17.3 Å². The molecule has 1 aromatic carbocycles. The van der Waals surface area contributed by atoms with E-state index in [0.717, 1.165) is 21.8 Å². The first-order valence-corrected chi connectivity index (χ1v) is 9.88. The number of thioether (sulfide) groups is 1. The SMILES string of the molecule is Cc1ccc(NC(=O)CSc2nc(-c3cccs3)ccc2C#N)cc1C. The number of pyridine rings is 1. The average molecular weight is 380 g/mol. The van der Waals surface area contributed by atoms with Crippen molar-refractivity contribution in [2.75, 3.05) is 11.1 Å². The minimum absolute atomic E-state index is 0.120. The van der Waals surface area contributed by atoms with Gasteiger partial charge in [-0.2, -0.15) is 5.26 Å². The van der Waals surface area contributed by atoms with Crippen LogP contribution >= 0.6 is 23.1 Å². The molecule has 0 saturated carbocycles. The predicted octanol–water partition coefficient (Wildman–Crippen LogP) is 5.03. The molecular formula is C20H17N3OS2. The van der Waals surface area contributed by atoms with Crippen LogP contribution in [0.1, 0.15) is 16.7 Å². The number of amides is 1. The largest absolute Gasteiger partial charge is 0.325 e. The van der Waals surface area contributed by atoms with Crippen molar-refractivity contribution in [1.29, 1.82) is 5.26 Å². The fourth-order valence-electron chi connectivity index (χ4n) is 2.35. The molecule has 2 heterocycles. The van der Waals surface area contributed by atoms with E-state index in [4.69, 9.17) is 0 Å². The summed E-state index contributed by atoms with van der Waals surface area (Å²) in [7, 11) is 0. The molecular weight excluding hydrogens is 362 g/mol. The fourth-order valence-corrected chi connectivity index (χ4v) is 3.81. The van der Waals surface area contributed by atoms with Gasteiger partial charge in [-0.1, -0.05) is 23.9 Å². The van der Waals surface area contributed by atoms with Gasteiger partial charge in [0.15, 0.2) is 0 Å². The Balaban J connectivity index is 1.70. The molecule has 1 amide bonds. The number of anilines is 1. The summed E-state index contributed by atoms with van der Waals surface area (Å²) in [6, 6.07) is 15.5. The molecule has 3 rings (SSSR count). The Morgan fingerprint density at radius 3 is 2.77 bits per heavy atom. The molecule has 4 nitrogen and oxygen atoms in total. The second-order valence-electron chi connectivity index (χ2n) is 5.77. The highest BCUT2D eigenvalue weighted by Gasteiger charge is 2.11. The predicted molar refractivity (Wildman–Crippen MR) is 108 cm³/mol. The Morgan fingerprint density at radius 2 is 2.08 bits per heavy atom. The Morgan fingerprint density at radius 1 is 1.23 bits per heavy atom. The summed E-state index contributed by atoms with van der Waals surface area (Å²) in [6.07, 6.45) is 0. The lowest BCUT2D eigenvalue weighted by Gasteiger charge is -2.08. The highest BCUT2D eigenvalue weighted by atomic mass is 32.2. The molecule has 0 saturated heterocycles. The van der Waals surface area contributed by atoms with Crippen molar-refractivity contribution in [3.05, 3.63) is 64.5 Å². The number of nitriles is 1. The molecule has 0 fully saturated rings.